The Morgan fingerprint density at radius 3 is 2.55 bits per heavy atom. The molecule has 1 aliphatic heterocycles. The standard InChI is InChI=1S/C13H17F3N2O2/c1-9(18-6-4-17-5-7-18)11-8-10(2-3-12(11)19)20-13(14,15)16/h2-3,8-9,17,19H,4-7H2,1H3/t9-/m0/s1. The average molecular weight is 290 g/mol. The maximum absolute atomic E-state index is 12.2. The first-order valence-corrected chi connectivity index (χ1v) is 6.40. The predicted molar refractivity (Wildman–Crippen MR) is 67.6 cm³/mol. The van der Waals surface area contributed by atoms with Crippen LogP contribution in [0, 0.1) is 0 Å². The van der Waals surface area contributed by atoms with E-state index in [1.807, 2.05) is 6.92 Å². The summed E-state index contributed by atoms with van der Waals surface area (Å²) in [5.41, 5.74) is 0.439. The van der Waals surface area contributed by atoms with Gasteiger partial charge in [-0.05, 0) is 25.1 Å². The Bertz CT molecular complexity index is 459. The van der Waals surface area contributed by atoms with E-state index in [0.29, 0.717) is 5.56 Å². The summed E-state index contributed by atoms with van der Waals surface area (Å²) >= 11 is 0. The molecule has 0 aliphatic carbocycles. The highest BCUT2D eigenvalue weighted by Crippen LogP contribution is 2.33. The normalized spacial score (nSPS) is 18.8. The van der Waals surface area contributed by atoms with E-state index in [9.17, 15) is 18.3 Å². The number of hydrogen-bond donors (Lipinski definition) is 2. The van der Waals surface area contributed by atoms with Crippen LogP contribution in [0.1, 0.15) is 18.5 Å². The van der Waals surface area contributed by atoms with E-state index >= 15 is 0 Å². The molecule has 0 saturated carbocycles. The maximum Gasteiger partial charge on any atom is 0.573 e. The molecule has 2 rings (SSSR count). The fraction of sp³-hybridized carbons (Fsp3) is 0.538. The molecule has 1 aliphatic rings. The van der Waals surface area contributed by atoms with Crippen LogP contribution in [0.25, 0.3) is 0 Å². The fourth-order valence-corrected chi connectivity index (χ4v) is 2.33. The molecule has 1 heterocycles. The van der Waals surface area contributed by atoms with E-state index in [2.05, 4.69) is 15.0 Å². The minimum atomic E-state index is -4.73. The highest BCUT2D eigenvalue weighted by molar-refractivity contribution is 5.41. The van der Waals surface area contributed by atoms with Crippen molar-refractivity contribution in [3.63, 3.8) is 0 Å². The Kier molecular flexibility index (Phi) is 4.39. The van der Waals surface area contributed by atoms with Crippen molar-refractivity contribution < 1.29 is 23.0 Å². The molecule has 20 heavy (non-hydrogen) atoms. The summed E-state index contributed by atoms with van der Waals surface area (Å²) in [4.78, 5) is 2.10. The molecule has 1 fully saturated rings. The van der Waals surface area contributed by atoms with Crippen molar-refractivity contribution in [3.8, 4) is 11.5 Å². The second-order valence-corrected chi connectivity index (χ2v) is 4.73. The molecular formula is C13H17F3N2O2. The lowest BCUT2D eigenvalue weighted by molar-refractivity contribution is -0.274. The molecule has 0 spiro atoms. The van der Waals surface area contributed by atoms with Crippen LogP contribution in [0.3, 0.4) is 0 Å². The molecule has 2 N–H and O–H groups in total. The smallest absolute Gasteiger partial charge is 0.508 e. The summed E-state index contributed by atoms with van der Waals surface area (Å²) in [6, 6.07) is 3.41. The van der Waals surface area contributed by atoms with Gasteiger partial charge in [-0.15, -0.1) is 13.2 Å². The molecule has 0 amide bonds. The lowest BCUT2D eigenvalue weighted by atomic mass is 10.0. The van der Waals surface area contributed by atoms with Gasteiger partial charge >= 0.3 is 6.36 Å². The van der Waals surface area contributed by atoms with E-state index in [4.69, 9.17) is 0 Å². The van der Waals surface area contributed by atoms with Gasteiger partial charge in [-0.3, -0.25) is 4.90 Å². The summed E-state index contributed by atoms with van der Waals surface area (Å²) in [6.45, 7) is 5.07. The Balaban J connectivity index is 2.18. The highest BCUT2D eigenvalue weighted by atomic mass is 19.4. The van der Waals surface area contributed by atoms with Crippen LogP contribution < -0.4 is 10.1 Å². The van der Waals surface area contributed by atoms with Gasteiger partial charge in [0.25, 0.3) is 0 Å². The third-order valence-corrected chi connectivity index (χ3v) is 3.38. The summed E-state index contributed by atoms with van der Waals surface area (Å²) in [5, 5.41) is 13.1. The zero-order valence-corrected chi connectivity index (χ0v) is 11.1. The van der Waals surface area contributed by atoms with E-state index in [0.717, 1.165) is 32.2 Å². The number of piperazine rings is 1. The van der Waals surface area contributed by atoms with Crippen LogP contribution in [-0.2, 0) is 0 Å². The van der Waals surface area contributed by atoms with Crippen LogP contribution in [0.15, 0.2) is 18.2 Å². The molecule has 7 heteroatoms. The van der Waals surface area contributed by atoms with Gasteiger partial charge in [0.2, 0.25) is 0 Å². The number of benzene rings is 1. The Morgan fingerprint density at radius 2 is 1.95 bits per heavy atom. The molecule has 1 atom stereocenters. The lowest BCUT2D eigenvalue weighted by Gasteiger charge is -2.33. The van der Waals surface area contributed by atoms with E-state index in [-0.39, 0.29) is 17.5 Å². The van der Waals surface area contributed by atoms with Crippen LogP contribution in [0.5, 0.6) is 11.5 Å². The number of alkyl halides is 3. The first-order chi connectivity index (χ1) is 9.37. The summed E-state index contributed by atoms with van der Waals surface area (Å²) < 4.78 is 40.6. The molecule has 1 saturated heterocycles. The molecule has 1 aromatic rings. The largest absolute Gasteiger partial charge is 0.573 e. The summed E-state index contributed by atoms with van der Waals surface area (Å²) in [7, 11) is 0. The molecule has 0 radical (unpaired) electrons. The van der Waals surface area contributed by atoms with Crippen molar-refractivity contribution in [2.45, 2.75) is 19.3 Å². The molecule has 1 aromatic carbocycles. The number of aromatic hydroxyl groups is 1. The van der Waals surface area contributed by atoms with Gasteiger partial charge in [-0.1, -0.05) is 0 Å². The third kappa shape index (κ3) is 3.77. The van der Waals surface area contributed by atoms with Gasteiger partial charge < -0.3 is 15.2 Å². The zero-order chi connectivity index (χ0) is 14.8. The molecule has 0 unspecified atom stereocenters. The first-order valence-electron chi connectivity index (χ1n) is 6.40. The molecule has 4 nitrogen and oxygen atoms in total. The van der Waals surface area contributed by atoms with Gasteiger partial charge in [0.1, 0.15) is 11.5 Å². The third-order valence-electron chi connectivity index (χ3n) is 3.38. The number of hydrogen-bond acceptors (Lipinski definition) is 4. The molecule has 0 aromatic heterocycles. The van der Waals surface area contributed by atoms with E-state index in [1.165, 1.54) is 12.1 Å². The van der Waals surface area contributed by atoms with Gasteiger partial charge in [-0.2, -0.15) is 0 Å². The number of phenols is 1. The second kappa shape index (κ2) is 5.88. The Hall–Kier alpha value is -1.47. The first kappa shape index (κ1) is 14.9. The summed E-state index contributed by atoms with van der Waals surface area (Å²) in [5.74, 6) is -0.335. The topological polar surface area (TPSA) is 44.7 Å². The van der Waals surface area contributed by atoms with Crippen LogP contribution in [0.2, 0.25) is 0 Å². The van der Waals surface area contributed by atoms with Crippen molar-refractivity contribution >= 4 is 0 Å². The predicted octanol–water partition coefficient (Wildman–Crippen LogP) is 2.26. The number of phenolic OH excluding ortho intramolecular Hbond substituents is 1. The van der Waals surface area contributed by atoms with Crippen molar-refractivity contribution in [1.82, 2.24) is 10.2 Å². The fourth-order valence-electron chi connectivity index (χ4n) is 2.33. The lowest BCUT2D eigenvalue weighted by Crippen LogP contribution is -2.44. The monoisotopic (exact) mass is 290 g/mol. The van der Waals surface area contributed by atoms with Gasteiger partial charge in [0, 0.05) is 37.8 Å². The molecule has 0 bridgehead atoms. The van der Waals surface area contributed by atoms with Crippen LogP contribution in [0.4, 0.5) is 13.2 Å². The molecular weight excluding hydrogens is 273 g/mol. The van der Waals surface area contributed by atoms with Gasteiger partial charge in [0.15, 0.2) is 0 Å². The number of nitrogens with one attached hydrogen (secondary N) is 1. The number of halogens is 3. The Labute approximate surface area is 115 Å². The second-order valence-electron chi connectivity index (χ2n) is 4.73. The van der Waals surface area contributed by atoms with Crippen molar-refractivity contribution in [3.05, 3.63) is 23.8 Å². The van der Waals surface area contributed by atoms with Crippen molar-refractivity contribution in [2.24, 2.45) is 0 Å². The zero-order valence-electron chi connectivity index (χ0n) is 11.1. The van der Waals surface area contributed by atoms with Crippen molar-refractivity contribution in [2.75, 3.05) is 26.2 Å². The molecule has 112 valence electrons. The van der Waals surface area contributed by atoms with Crippen molar-refractivity contribution in [1.29, 1.82) is 0 Å². The van der Waals surface area contributed by atoms with Crippen LogP contribution in [-0.4, -0.2) is 42.5 Å². The van der Waals surface area contributed by atoms with Gasteiger partial charge in [0.05, 0.1) is 0 Å². The highest BCUT2D eigenvalue weighted by Gasteiger charge is 2.31. The average Bonchev–Trinajstić information content (AvgIpc) is 2.40. The number of rotatable bonds is 3. The number of nitrogens with zero attached hydrogens (tertiary/aromatic N) is 1. The minimum Gasteiger partial charge on any atom is -0.508 e. The maximum atomic E-state index is 12.2. The summed E-state index contributed by atoms with van der Waals surface area (Å²) in [6.07, 6.45) is -4.73. The van der Waals surface area contributed by atoms with Gasteiger partial charge in [-0.25, -0.2) is 0 Å². The quantitative estimate of drug-likeness (QED) is 0.896. The SMILES string of the molecule is C[C@@H](c1cc(OC(F)(F)F)ccc1O)N1CCNCC1. The van der Waals surface area contributed by atoms with Crippen LogP contribution >= 0.6 is 0 Å². The Morgan fingerprint density at radius 1 is 1.30 bits per heavy atom. The van der Waals surface area contributed by atoms with E-state index < -0.39 is 6.36 Å². The minimum absolute atomic E-state index is 0.0226. The number of ether oxygens (including phenoxy) is 1. The van der Waals surface area contributed by atoms with E-state index in [1.54, 1.807) is 0 Å².